The Kier molecular flexibility index (Phi) is 10.4. The number of hydrogen-bond donors (Lipinski definition) is 3. The van der Waals surface area contributed by atoms with Crippen LogP contribution in [0.2, 0.25) is 0 Å². The van der Waals surface area contributed by atoms with Gasteiger partial charge >= 0.3 is 18.1 Å². The van der Waals surface area contributed by atoms with Crippen molar-refractivity contribution in [1.29, 1.82) is 0 Å². The van der Waals surface area contributed by atoms with Crippen molar-refractivity contribution in [3.05, 3.63) is 70.5 Å². The van der Waals surface area contributed by atoms with Gasteiger partial charge in [-0.3, -0.25) is 9.40 Å². The minimum atomic E-state index is -5.08. The van der Waals surface area contributed by atoms with Gasteiger partial charge in [-0.05, 0) is 68.7 Å². The maximum Gasteiger partial charge on any atom is 0.490 e. The lowest BCUT2D eigenvalue weighted by Gasteiger charge is -2.22. The fourth-order valence-corrected chi connectivity index (χ4v) is 4.82. The van der Waals surface area contributed by atoms with Gasteiger partial charge in [0.15, 0.2) is 11.6 Å². The molecule has 2 aromatic carbocycles. The molecule has 224 valence electrons. The summed E-state index contributed by atoms with van der Waals surface area (Å²) in [5, 5.41) is 21.2. The van der Waals surface area contributed by atoms with Gasteiger partial charge in [-0.1, -0.05) is 0 Å². The number of carboxylic acid groups (broad SMARTS) is 2. The van der Waals surface area contributed by atoms with Crippen LogP contribution >= 0.6 is 0 Å². The standard InChI is InChI=1S/C23H26F2N4O4S.C2HF3O2/c1-14-18(15(2)29(4)26-14)6-5-11-28(3)22-10-7-16(12-19(22)23(30)31)27-34(32,33)17-8-9-20(24)21(25)13-17;3-2(4,5)1(6)7/h7-10,12-13,27H,5-6,11H2,1-4H3,(H,30,31);(H,6,7). The summed E-state index contributed by atoms with van der Waals surface area (Å²) in [6.45, 7) is 4.52. The van der Waals surface area contributed by atoms with Gasteiger partial charge in [-0.25, -0.2) is 26.8 Å². The molecule has 0 saturated heterocycles. The third-order valence-corrected chi connectivity index (χ3v) is 7.29. The van der Waals surface area contributed by atoms with Crippen LogP contribution in [0.4, 0.5) is 33.3 Å². The van der Waals surface area contributed by atoms with Crippen LogP contribution in [0.1, 0.15) is 33.7 Å². The molecule has 1 aromatic heterocycles. The largest absolute Gasteiger partial charge is 0.490 e. The first-order chi connectivity index (χ1) is 18.8. The number of benzene rings is 2. The van der Waals surface area contributed by atoms with Crippen molar-refractivity contribution in [3.63, 3.8) is 0 Å². The monoisotopic (exact) mass is 606 g/mol. The molecule has 0 bridgehead atoms. The first-order valence-corrected chi connectivity index (χ1v) is 13.2. The molecule has 0 aliphatic rings. The van der Waals surface area contributed by atoms with E-state index in [0.29, 0.717) is 24.4 Å². The molecular weight excluding hydrogens is 579 g/mol. The summed E-state index contributed by atoms with van der Waals surface area (Å²) in [7, 11) is -0.602. The van der Waals surface area contributed by atoms with Crippen molar-refractivity contribution in [2.45, 2.75) is 37.8 Å². The molecule has 3 rings (SSSR count). The Morgan fingerprint density at radius 1 is 1.05 bits per heavy atom. The molecule has 16 heteroatoms. The summed E-state index contributed by atoms with van der Waals surface area (Å²) in [5.41, 5.74) is 3.53. The van der Waals surface area contributed by atoms with E-state index >= 15 is 0 Å². The van der Waals surface area contributed by atoms with Crippen molar-refractivity contribution in [2.24, 2.45) is 7.05 Å². The quantitative estimate of drug-likeness (QED) is 0.302. The first kappa shape index (κ1) is 33.0. The van der Waals surface area contributed by atoms with Crippen molar-refractivity contribution in [2.75, 3.05) is 23.2 Å². The number of nitrogens with one attached hydrogen (secondary N) is 1. The molecule has 3 aromatic rings. The summed E-state index contributed by atoms with van der Waals surface area (Å²) in [6.07, 6.45) is -3.54. The number of carbonyl (C=O) groups is 2. The van der Waals surface area contributed by atoms with Crippen molar-refractivity contribution in [1.82, 2.24) is 9.78 Å². The molecule has 0 aliphatic carbocycles. The molecule has 0 radical (unpaired) electrons. The second-order valence-corrected chi connectivity index (χ2v) is 10.5. The maximum atomic E-state index is 13.5. The zero-order valence-electron chi connectivity index (χ0n) is 22.3. The molecule has 0 spiro atoms. The second kappa shape index (κ2) is 13.0. The lowest BCUT2D eigenvalue weighted by molar-refractivity contribution is -0.192. The zero-order valence-corrected chi connectivity index (χ0v) is 23.1. The number of alkyl halides is 3. The molecular formula is C25H27F5N4O6S. The zero-order chi connectivity index (χ0) is 31.3. The third-order valence-electron chi connectivity index (χ3n) is 5.91. The third kappa shape index (κ3) is 8.64. The van der Waals surface area contributed by atoms with E-state index in [4.69, 9.17) is 9.90 Å². The van der Waals surface area contributed by atoms with E-state index in [9.17, 15) is 40.3 Å². The summed E-state index contributed by atoms with van der Waals surface area (Å²) in [4.78, 5) is 22.1. The molecule has 0 amide bonds. The summed E-state index contributed by atoms with van der Waals surface area (Å²) in [5.74, 6) is -6.46. The van der Waals surface area contributed by atoms with E-state index in [-0.39, 0.29) is 11.3 Å². The number of carboxylic acids is 2. The van der Waals surface area contributed by atoms with Crippen molar-refractivity contribution >= 4 is 33.3 Å². The Balaban J connectivity index is 0.000000745. The lowest BCUT2D eigenvalue weighted by Crippen LogP contribution is -2.22. The maximum absolute atomic E-state index is 13.5. The van der Waals surface area contributed by atoms with E-state index in [1.807, 2.05) is 25.6 Å². The van der Waals surface area contributed by atoms with Crippen molar-refractivity contribution < 1.29 is 50.2 Å². The van der Waals surface area contributed by atoms with Gasteiger partial charge in [-0.2, -0.15) is 18.3 Å². The molecule has 41 heavy (non-hydrogen) atoms. The molecule has 0 fully saturated rings. The number of aromatic nitrogens is 2. The Hall–Kier alpha value is -4.21. The number of aromatic carboxylic acids is 1. The van der Waals surface area contributed by atoms with E-state index < -0.39 is 44.7 Å². The Bertz CT molecular complexity index is 1540. The predicted octanol–water partition coefficient (Wildman–Crippen LogP) is 4.52. The van der Waals surface area contributed by atoms with E-state index in [1.165, 1.54) is 18.2 Å². The van der Waals surface area contributed by atoms with Crippen LogP contribution in [0.15, 0.2) is 41.3 Å². The van der Waals surface area contributed by atoms with Gasteiger partial charge in [0.05, 0.1) is 21.8 Å². The number of aryl methyl sites for hydroxylation is 2. The first-order valence-electron chi connectivity index (χ1n) is 11.7. The lowest BCUT2D eigenvalue weighted by atomic mass is 10.1. The number of hydrogen-bond acceptors (Lipinski definition) is 6. The fraction of sp³-hybridized carbons (Fsp3) is 0.320. The van der Waals surface area contributed by atoms with Gasteiger partial charge in [0.25, 0.3) is 10.0 Å². The molecule has 0 aliphatic heterocycles. The molecule has 0 unspecified atom stereocenters. The molecule has 0 saturated carbocycles. The average Bonchev–Trinajstić information content (AvgIpc) is 3.10. The van der Waals surface area contributed by atoms with Gasteiger partial charge in [0, 0.05) is 32.0 Å². The highest BCUT2D eigenvalue weighted by molar-refractivity contribution is 7.92. The van der Waals surface area contributed by atoms with E-state index in [2.05, 4.69) is 9.82 Å². The molecule has 3 N–H and O–H groups in total. The van der Waals surface area contributed by atoms with Gasteiger partial charge in [0.1, 0.15) is 0 Å². The number of sulfonamides is 1. The Morgan fingerprint density at radius 3 is 2.15 bits per heavy atom. The predicted molar refractivity (Wildman–Crippen MR) is 139 cm³/mol. The van der Waals surface area contributed by atoms with Crippen LogP contribution < -0.4 is 9.62 Å². The average molecular weight is 607 g/mol. The SMILES string of the molecule is Cc1nn(C)c(C)c1CCCN(C)c1ccc(NS(=O)(=O)c2ccc(F)c(F)c2)cc1C(=O)O.O=C(O)C(F)(F)F. The number of halogens is 5. The van der Waals surface area contributed by atoms with Gasteiger partial charge in [-0.15, -0.1) is 0 Å². The second-order valence-electron chi connectivity index (χ2n) is 8.82. The smallest absolute Gasteiger partial charge is 0.478 e. The van der Waals surface area contributed by atoms with Gasteiger partial charge < -0.3 is 15.1 Å². The Morgan fingerprint density at radius 2 is 1.66 bits per heavy atom. The highest BCUT2D eigenvalue weighted by Gasteiger charge is 2.38. The molecule has 10 nitrogen and oxygen atoms in total. The summed E-state index contributed by atoms with van der Waals surface area (Å²) < 4.78 is 87.4. The molecule has 1 heterocycles. The van der Waals surface area contributed by atoms with E-state index in [1.54, 1.807) is 11.9 Å². The van der Waals surface area contributed by atoms with Crippen LogP contribution in [-0.4, -0.2) is 60.1 Å². The normalized spacial score (nSPS) is 11.4. The fourth-order valence-electron chi connectivity index (χ4n) is 3.75. The number of aliphatic carboxylic acids is 1. The highest BCUT2D eigenvalue weighted by Crippen LogP contribution is 2.26. The van der Waals surface area contributed by atoms with Crippen LogP contribution in [0.3, 0.4) is 0 Å². The topological polar surface area (TPSA) is 142 Å². The summed E-state index contributed by atoms with van der Waals surface area (Å²) >= 11 is 0. The highest BCUT2D eigenvalue weighted by atomic mass is 32.2. The van der Waals surface area contributed by atoms with E-state index in [0.717, 1.165) is 35.9 Å². The minimum absolute atomic E-state index is 0.0131. The number of anilines is 2. The summed E-state index contributed by atoms with van der Waals surface area (Å²) in [6, 6.07) is 6.31. The van der Waals surface area contributed by atoms with Gasteiger partial charge in [0.2, 0.25) is 0 Å². The van der Waals surface area contributed by atoms with Crippen LogP contribution in [0.5, 0.6) is 0 Å². The minimum Gasteiger partial charge on any atom is -0.478 e. The van der Waals surface area contributed by atoms with Crippen LogP contribution in [0, 0.1) is 25.5 Å². The Labute approximate surface area is 232 Å². The number of nitrogens with zero attached hydrogens (tertiary/aromatic N) is 3. The van der Waals surface area contributed by atoms with Crippen molar-refractivity contribution in [3.8, 4) is 0 Å². The van der Waals surface area contributed by atoms with Crippen LogP contribution in [0.25, 0.3) is 0 Å². The number of rotatable bonds is 9. The van der Waals surface area contributed by atoms with Crippen LogP contribution in [-0.2, 0) is 28.3 Å². The molecule has 0 atom stereocenters.